The summed E-state index contributed by atoms with van der Waals surface area (Å²) in [6.07, 6.45) is 0.298. The normalized spacial score (nSPS) is 13.6. The van der Waals surface area contributed by atoms with Gasteiger partial charge in [0.05, 0.1) is 6.10 Å². The monoisotopic (exact) mass is 491 g/mol. The van der Waals surface area contributed by atoms with Crippen LogP contribution in [0.1, 0.15) is 30.4 Å². The molecule has 7 heteroatoms. The van der Waals surface area contributed by atoms with Gasteiger partial charge in [0.2, 0.25) is 0 Å². The number of aliphatic imine (C=N–C) groups is 1. The molecule has 0 spiro atoms. The third kappa shape index (κ3) is 8.01. The van der Waals surface area contributed by atoms with E-state index in [1.807, 2.05) is 6.92 Å². The lowest BCUT2D eigenvalue weighted by Crippen LogP contribution is -2.39. The van der Waals surface area contributed by atoms with Crippen molar-refractivity contribution in [3.8, 4) is 0 Å². The lowest BCUT2D eigenvalue weighted by atomic mass is 10.1. The van der Waals surface area contributed by atoms with Gasteiger partial charge in [-0.15, -0.1) is 35.3 Å². The van der Waals surface area contributed by atoms with Gasteiger partial charge in [-0.3, -0.25) is 4.99 Å². The van der Waals surface area contributed by atoms with E-state index in [9.17, 15) is 9.50 Å². The average molecular weight is 491 g/mol. The van der Waals surface area contributed by atoms with Crippen LogP contribution in [0.3, 0.4) is 0 Å². The third-order valence-corrected chi connectivity index (χ3v) is 4.65. The van der Waals surface area contributed by atoms with Gasteiger partial charge in [-0.25, -0.2) is 4.39 Å². The number of guanidine groups is 1. The first kappa shape index (κ1) is 22.9. The Labute approximate surface area is 176 Å². The first-order valence-electron chi connectivity index (χ1n) is 8.56. The lowest BCUT2D eigenvalue weighted by molar-refractivity contribution is 0.180. The van der Waals surface area contributed by atoms with Gasteiger partial charge in [-0.1, -0.05) is 25.1 Å². The van der Waals surface area contributed by atoms with Crippen molar-refractivity contribution >= 4 is 41.3 Å². The fraction of sp³-hybridized carbons (Fsp3) is 0.421. The molecule has 0 bridgehead atoms. The summed E-state index contributed by atoms with van der Waals surface area (Å²) in [6.45, 7) is 5.96. The molecule has 2 aromatic rings. The van der Waals surface area contributed by atoms with Gasteiger partial charge >= 0.3 is 0 Å². The molecule has 0 saturated heterocycles. The van der Waals surface area contributed by atoms with Crippen molar-refractivity contribution in [2.24, 2.45) is 10.9 Å². The van der Waals surface area contributed by atoms with Gasteiger partial charge < -0.3 is 15.7 Å². The molecule has 0 radical (unpaired) electrons. The van der Waals surface area contributed by atoms with Gasteiger partial charge in [-0.2, -0.15) is 0 Å². The molecule has 4 nitrogen and oxygen atoms in total. The van der Waals surface area contributed by atoms with Crippen LogP contribution in [0, 0.1) is 11.7 Å². The molecule has 2 rings (SSSR count). The predicted molar refractivity (Wildman–Crippen MR) is 118 cm³/mol. The van der Waals surface area contributed by atoms with Crippen LogP contribution in [0.25, 0.3) is 0 Å². The van der Waals surface area contributed by atoms with Gasteiger partial charge in [-0.05, 0) is 48.4 Å². The van der Waals surface area contributed by atoms with Gasteiger partial charge in [0.15, 0.2) is 5.96 Å². The Bertz CT molecular complexity index is 649. The Balaban J connectivity index is 0.00000338. The fourth-order valence-electron chi connectivity index (χ4n) is 2.42. The van der Waals surface area contributed by atoms with Crippen molar-refractivity contribution in [2.75, 3.05) is 19.6 Å². The van der Waals surface area contributed by atoms with Crippen molar-refractivity contribution in [1.29, 1.82) is 0 Å². The number of halogens is 2. The van der Waals surface area contributed by atoms with Crippen molar-refractivity contribution < 1.29 is 9.50 Å². The maximum absolute atomic E-state index is 13.0. The van der Waals surface area contributed by atoms with Crippen LogP contribution < -0.4 is 10.6 Å². The van der Waals surface area contributed by atoms with Crippen molar-refractivity contribution in [3.63, 3.8) is 0 Å². The van der Waals surface area contributed by atoms with E-state index in [-0.39, 0.29) is 29.8 Å². The Hall–Kier alpha value is -1.19. The Kier molecular flexibility index (Phi) is 10.8. The smallest absolute Gasteiger partial charge is 0.191 e. The maximum atomic E-state index is 13.0. The summed E-state index contributed by atoms with van der Waals surface area (Å²) in [4.78, 5) is 5.97. The molecule has 0 saturated carbocycles. The lowest BCUT2D eigenvalue weighted by Gasteiger charge is -2.16. The zero-order valence-corrected chi connectivity index (χ0v) is 18.3. The van der Waals surface area contributed by atoms with Gasteiger partial charge in [0.25, 0.3) is 0 Å². The van der Waals surface area contributed by atoms with Crippen molar-refractivity contribution in [1.82, 2.24) is 10.6 Å². The molecule has 144 valence electrons. The van der Waals surface area contributed by atoms with E-state index in [2.05, 4.69) is 40.1 Å². The molecule has 26 heavy (non-hydrogen) atoms. The molecule has 1 heterocycles. The molecule has 0 aliphatic heterocycles. The SMILES string of the molecule is CCNC(=NCC(C)Cc1cccs1)NCC(O)c1ccc(F)cc1.I. The molecular weight excluding hydrogens is 464 g/mol. The number of hydrogen-bond acceptors (Lipinski definition) is 3. The number of aliphatic hydroxyl groups is 1. The maximum Gasteiger partial charge on any atom is 0.191 e. The first-order chi connectivity index (χ1) is 12.1. The third-order valence-electron chi connectivity index (χ3n) is 3.75. The van der Waals surface area contributed by atoms with E-state index in [4.69, 9.17) is 0 Å². The minimum atomic E-state index is -0.715. The number of hydrogen-bond donors (Lipinski definition) is 3. The largest absolute Gasteiger partial charge is 0.387 e. The summed E-state index contributed by atoms with van der Waals surface area (Å²) in [5.41, 5.74) is 0.677. The van der Waals surface area contributed by atoms with Crippen LogP contribution in [0.4, 0.5) is 4.39 Å². The van der Waals surface area contributed by atoms with Gasteiger partial charge in [0, 0.05) is 24.5 Å². The summed E-state index contributed by atoms with van der Waals surface area (Å²) in [6, 6.07) is 10.1. The van der Waals surface area contributed by atoms with E-state index >= 15 is 0 Å². The molecule has 1 aromatic carbocycles. The highest BCUT2D eigenvalue weighted by Gasteiger charge is 2.09. The first-order valence-corrected chi connectivity index (χ1v) is 9.44. The van der Waals surface area contributed by atoms with Gasteiger partial charge in [0.1, 0.15) is 5.82 Å². The van der Waals surface area contributed by atoms with Crippen molar-refractivity contribution in [2.45, 2.75) is 26.4 Å². The molecular formula is C19H27FIN3OS. The zero-order chi connectivity index (χ0) is 18.1. The van der Waals surface area contributed by atoms with E-state index in [0.717, 1.165) is 13.0 Å². The molecule has 3 N–H and O–H groups in total. The number of benzene rings is 1. The second-order valence-corrected chi connectivity index (χ2v) is 7.09. The number of aliphatic hydroxyl groups excluding tert-OH is 1. The number of rotatable bonds is 8. The Morgan fingerprint density at radius 3 is 2.58 bits per heavy atom. The molecule has 2 unspecified atom stereocenters. The van der Waals surface area contributed by atoms with Crippen molar-refractivity contribution in [3.05, 3.63) is 58.0 Å². The van der Waals surface area contributed by atoms with E-state index in [0.29, 0.717) is 30.5 Å². The average Bonchev–Trinajstić information content (AvgIpc) is 3.10. The summed E-state index contributed by atoms with van der Waals surface area (Å²) >= 11 is 1.77. The van der Waals surface area contributed by atoms with E-state index in [1.165, 1.54) is 17.0 Å². The Morgan fingerprint density at radius 2 is 1.96 bits per heavy atom. The van der Waals surface area contributed by atoms with Crippen LogP contribution in [-0.2, 0) is 6.42 Å². The highest BCUT2D eigenvalue weighted by atomic mass is 127. The highest BCUT2D eigenvalue weighted by molar-refractivity contribution is 14.0. The second kappa shape index (κ2) is 12.2. The summed E-state index contributed by atoms with van der Waals surface area (Å²) in [7, 11) is 0. The number of thiophene rings is 1. The van der Waals surface area contributed by atoms with Crippen LogP contribution in [0.15, 0.2) is 46.8 Å². The second-order valence-electron chi connectivity index (χ2n) is 6.06. The van der Waals surface area contributed by atoms with Crippen LogP contribution in [0.2, 0.25) is 0 Å². The number of nitrogens with one attached hydrogen (secondary N) is 2. The minimum absolute atomic E-state index is 0. The quantitative estimate of drug-likeness (QED) is 0.298. The minimum Gasteiger partial charge on any atom is -0.387 e. The fourth-order valence-corrected chi connectivity index (χ4v) is 3.29. The number of nitrogens with zero attached hydrogens (tertiary/aromatic N) is 1. The standard InChI is InChI=1S/C19H26FN3OS.HI/c1-3-21-19(22-12-14(2)11-17-5-4-10-25-17)23-13-18(24)15-6-8-16(20)9-7-15;/h4-10,14,18,24H,3,11-13H2,1-2H3,(H2,21,22,23);1H. The summed E-state index contributed by atoms with van der Waals surface area (Å²) in [5, 5.41) is 18.6. The van der Waals surface area contributed by atoms with Crippen LogP contribution >= 0.6 is 35.3 Å². The molecule has 1 aromatic heterocycles. The molecule has 0 aliphatic rings. The summed E-state index contributed by atoms with van der Waals surface area (Å²) < 4.78 is 13.0. The molecule has 0 aliphatic carbocycles. The zero-order valence-electron chi connectivity index (χ0n) is 15.1. The highest BCUT2D eigenvalue weighted by Crippen LogP contribution is 2.15. The summed E-state index contributed by atoms with van der Waals surface area (Å²) in [5.74, 6) is 0.816. The van der Waals surface area contributed by atoms with E-state index in [1.54, 1.807) is 23.5 Å². The van der Waals surface area contributed by atoms with Crippen LogP contribution in [0.5, 0.6) is 0 Å². The Morgan fingerprint density at radius 1 is 1.23 bits per heavy atom. The van der Waals surface area contributed by atoms with E-state index < -0.39 is 6.10 Å². The topological polar surface area (TPSA) is 56.7 Å². The molecule has 0 fully saturated rings. The molecule has 0 amide bonds. The van der Waals surface area contributed by atoms with Crippen LogP contribution in [-0.4, -0.2) is 30.7 Å². The molecule has 2 atom stereocenters. The predicted octanol–water partition coefficient (Wildman–Crippen LogP) is 3.97.